The Kier molecular flexibility index (Phi) is 5.01. The summed E-state index contributed by atoms with van der Waals surface area (Å²) >= 11 is 0. The van der Waals surface area contributed by atoms with E-state index < -0.39 is 14.5 Å². The van der Waals surface area contributed by atoms with Gasteiger partial charge in [-0.2, -0.15) is 0 Å². The van der Waals surface area contributed by atoms with Crippen molar-refractivity contribution in [1.29, 1.82) is 0 Å². The second-order valence-electron chi connectivity index (χ2n) is 3.58. The van der Waals surface area contributed by atoms with Crippen molar-refractivity contribution in [3.8, 4) is 0 Å². The first-order valence-corrected chi connectivity index (χ1v) is 5.93. The molecule has 5 atom stereocenters. The maximum atomic E-state index is 10.5. The maximum absolute atomic E-state index is 10.5. The first-order valence-electron chi connectivity index (χ1n) is 4.69. The van der Waals surface area contributed by atoms with Gasteiger partial charge in [-0.15, -0.1) is 4.52 Å². The number of hydrogen-bond acceptors (Lipinski definition) is 6. The zero-order valence-corrected chi connectivity index (χ0v) is 9.39. The number of ether oxygens (including phenoxy) is 1. The second-order valence-corrected chi connectivity index (χ2v) is 4.41. The molecule has 8 heteroatoms. The Hall–Kier alpha value is -0.140. The summed E-state index contributed by atoms with van der Waals surface area (Å²) in [7, 11) is -2.09. The smallest absolute Gasteiger partial charge is 0.366 e. The SMILES string of the molecule is C[C@H]1C[C@@H](CO[P+](N)=O)O[C@H]1NC(N)O. The molecule has 15 heavy (non-hydrogen) atoms. The number of rotatable bonds is 5. The zero-order valence-electron chi connectivity index (χ0n) is 8.50. The van der Waals surface area contributed by atoms with E-state index in [1.165, 1.54) is 0 Å². The predicted molar refractivity (Wildman–Crippen MR) is 53.5 cm³/mol. The molecular weight excluding hydrogens is 221 g/mol. The van der Waals surface area contributed by atoms with E-state index in [-0.39, 0.29) is 24.9 Å². The van der Waals surface area contributed by atoms with Crippen molar-refractivity contribution >= 4 is 8.18 Å². The van der Waals surface area contributed by atoms with Crippen LogP contribution < -0.4 is 16.6 Å². The van der Waals surface area contributed by atoms with Gasteiger partial charge in [0.25, 0.3) is 0 Å². The van der Waals surface area contributed by atoms with Crippen molar-refractivity contribution < 1.29 is 18.9 Å². The number of hydrogen-bond donors (Lipinski definition) is 4. The molecule has 1 aliphatic rings. The van der Waals surface area contributed by atoms with E-state index >= 15 is 0 Å². The van der Waals surface area contributed by atoms with E-state index in [2.05, 4.69) is 5.32 Å². The number of nitrogens with two attached hydrogens (primary N) is 2. The van der Waals surface area contributed by atoms with Gasteiger partial charge in [0.2, 0.25) is 0 Å². The van der Waals surface area contributed by atoms with Crippen LogP contribution in [0.25, 0.3) is 0 Å². The van der Waals surface area contributed by atoms with Crippen LogP contribution in [0.2, 0.25) is 0 Å². The monoisotopic (exact) mass is 238 g/mol. The van der Waals surface area contributed by atoms with Crippen molar-refractivity contribution in [2.75, 3.05) is 6.61 Å². The van der Waals surface area contributed by atoms with Gasteiger partial charge >= 0.3 is 8.18 Å². The third kappa shape index (κ3) is 4.48. The fourth-order valence-electron chi connectivity index (χ4n) is 1.57. The van der Waals surface area contributed by atoms with Crippen LogP contribution in [-0.4, -0.2) is 30.4 Å². The fraction of sp³-hybridized carbons (Fsp3) is 1.00. The highest BCUT2D eigenvalue weighted by molar-refractivity contribution is 7.36. The maximum Gasteiger partial charge on any atom is 0.610 e. The van der Waals surface area contributed by atoms with Crippen LogP contribution in [0.5, 0.6) is 0 Å². The summed E-state index contributed by atoms with van der Waals surface area (Å²) in [4.78, 5) is 0. The molecule has 1 fully saturated rings. The summed E-state index contributed by atoms with van der Waals surface area (Å²) in [6.45, 7) is 2.15. The van der Waals surface area contributed by atoms with E-state index in [1.54, 1.807) is 0 Å². The van der Waals surface area contributed by atoms with Crippen molar-refractivity contribution in [3.63, 3.8) is 0 Å². The number of nitrogens with one attached hydrogen (secondary N) is 1. The van der Waals surface area contributed by atoms with Gasteiger partial charge in [-0.3, -0.25) is 11.1 Å². The average molecular weight is 238 g/mol. The molecule has 0 aromatic heterocycles. The first kappa shape index (κ1) is 12.9. The molecule has 1 saturated heterocycles. The van der Waals surface area contributed by atoms with Gasteiger partial charge in [-0.1, -0.05) is 12.4 Å². The van der Waals surface area contributed by atoms with Crippen LogP contribution in [-0.2, 0) is 13.8 Å². The molecule has 0 saturated carbocycles. The van der Waals surface area contributed by atoms with Crippen LogP contribution in [0.4, 0.5) is 0 Å². The largest absolute Gasteiger partial charge is 0.610 e. The minimum absolute atomic E-state index is 0.168. The van der Waals surface area contributed by atoms with Crippen molar-refractivity contribution in [2.24, 2.45) is 17.2 Å². The molecule has 0 aromatic carbocycles. The van der Waals surface area contributed by atoms with E-state index in [9.17, 15) is 4.57 Å². The second kappa shape index (κ2) is 5.81. The molecule has 1 aliphatic heterocycles. The average Bonchev–Trinajstić information content (AvgIpc) is 2.43. The van der Waals surface area contributed by atoms with Gasteiger partial charge in [0, 0.05) is 0 Å². The Bertz CT molecular complexity index is 228. The minimum Gasteiger partial charge on any atom is -0.366 e. The summed E-state index contributed by atoms with van der Waals surface area (Å²) in [6.07, 6.45) is -0.843. The Labute approximate surface area is 89.0 Å². The van der Waals surface area contributed by atoms with Crippen LogP contribution in [0.1, 0.15) is 13.3 Å². The Balaban J connectivity index is 2.31. The lowest BCUT2D eigenvalue weighted by atomic mass is 10.1. The van der Waals surface area contributed by atoms with Crippen LogP contribution >= 0.6 is 8.18 Å². The molecule has 2 unspecified atom stereocenters. The Morgan fingerprint density at radius 2 is 2.47 bits per heavy atom. The van der Waals surface area contributed by atoms with Crippen molar-refractivity contribution in [3.05, 3.63) is 0 Å². The van der Waals surface area contributed by atoms with E-state index in [4.69, 9.17) is 25.6 Å². The first-order chi connectivity index (χ1) is 6.99. The highest BCUT2D eigenvalue weighted by atomic mass is 31.1. The number of aliphatic hydroxyl groups excluding tert-OH is 1. The molecule has 7 nitrogen and oxygen atoms in total. The normalized spacial score (nSPS) is 34.1. The van der Waals surface area contributed by atoms with E-state index in [0.717, 1.165) is 6.42 Å². The Morgan fingerprint density at radius 3 is 3.00 bits per heavy atom. The molecular formula is C7H17N3O4P+. The van der Waals surface area contributed by atoms with Gasteiger partial charge in [-0.25, -0.2) is 0 Å². The third-order valence-electron chi connectivity index (χ3n) is 2.21. The highest BCUT2D eigenvalue weighted by Crippen LogP contribution is 2.26. The Morgan fingerprint density at radius 1 is 1.80 bits per heavy atom. The lowest BCUT2D eigenvalue weighted by Crippen LogP contribution is -2.46. The molecule has 1 heterocycles. The summed E-state index contributed by atoms with van der Waals surface area (Å²) < 4.78 is 20.8. The molecule has 0 aliphatic carbocycles. The van der Waals surface area contributed by atoms with Gasteiger partial charge in [0.15, 0.2) is 6.35 Å². The van der Waals surface area contributed by atoms with Crippen LogP contribution in [0.15, 0.2) is 0 Å². The highest BCUT2D eigenvalue weighted by Gasteiger charge is 2.34. The van der Waals surface area contributed by atoms with Crippen LogP contribution in [0.3, 0.4) is 0 Å². The fourth-order valence-corrected chi connectivity index (χ4v) is 1.88. The lowest BCUT2D eigenvalue weighted by Gasteiger charge is -2.18. The molecule has 88 valence electrons. The van der Waals surface area contributed by atoms with Crippen molar-refractivity contribution in [1.82, 2.24) is 5.32 Å². The molecule has 0 aromatic rings. The van der Waals surface area contributed by atoms with Gasteiger partial charge < -0.3 is 9.84 Å². The standard InChI is InChI=1S/C7H17N3O4P/c1-4-2-5(3-13-15(9)12)14-6(4)10-7(8)11/h4-7,10-11H,2-3,8H2,1H3,(H2,9,12)/q+1/t4-,5-,6+,7?/m0/s1. The van der Waals surface area contributed by atoms with Gasteiger partial charge in [0.1, 0.15) is 12.8 Å². The third-order valence-corrected chi connectivity index (χ3v) is 2.62. The molecule has 0 amide bonds. The van der Waals surface area contributed by atoms with Gasteiger partial charge in [-0.05, 0) is 16.9 Å². The van der Waals surface area contributed by atoms with Crippen LogP contribution in [0, 0.1) is 5.92 Å². The molecule has 1 rings (SSSR count). The predicted octanol–water partition coefficient (Wildman–Crippen LogP) is -0.806. The number of aliphatic hydroxyl groups is 1. The van der Waals surface area contributed by atoms with E-state index in [1.807, 2.05) is 6.92 Å². The molecule has 0 radical (unpaired) electrons. The summed E-state index contributed by atoms with van der Waals surface area (Å²) in [5, 5.41) is 11.6. The topological polar surface area (TPSA) is 120 Å². The lowest BCUT2D eigenvalue weighted by molar-refractivity contribution is -0.0336. The van der Waals surface area contributed by atoms with Gasteiger partial charge in [0.05, 0.1) is 6.10 Å². The molecule has 0 spiro atoms. The summed E-state index contributed by atoms with van der Waals surface area (Å²) in [5.41, 5.74) is 10.1. The van der Waals surface area contributed by atoms with Crippen molar-refractivity contribution in [2.45, 2.75) is 32.0 Å². The minimum atomic E-state index is -2.09. The molecule has 6 N–H and O–H groups in total. The molecule has 0 bridgehead atoms. The quantitative estimate of drug-likeness (QED) is 0.365. The summed E-state index contributed by atoms with van der Waals surface area (Å²) in [5.74, 6) is 0.201. The summed E-state index contributed by atoms with van der Waals surface area (Å²) in [6, 6.07) is 0. The zero-order chi connectivity index (χ0) is 11.4. The van der Waals surface area contributed by atoms with E-state index in [0.29, 0.717) is 0 Å².